The smallest absolute Gasteiger partial charge is 0.259 e. The summed E-state index contributed by atoms with van der Waals surface area (Å²) in [6.45, 7) is 0.00756. The van der Waals surface area contributed by atoms with Crippen molar-refractivity contribution in [3.05, 3.63) is 179 Å². The first kappa shape index (κ1) is 36.9. The van der Waals surface area contributed by atoms with Crippen LogP contribution in [0.5, 0.6) is 11.5 Å². The zero-order valence-electron chi connectivity index (χ0n) is 30.9. The summed E-state index contributed by atoms with van der Waals surface area (Å²) in [5, 5.41) is 46.5. The number of carbonyl (C=O) groups is 2. The first-order valence-corrected chi connectivity index (χ1v) is 18.8. The fourth-order valence-corrected chi connectivity index (χ4v) is 7.20. The number of anilines is 2. The minimum absolute atomic E-state index is 0.00756. The highest BCUT2D eigenvalue weighted by atomic mass is 35.5. The van der Waals surface area contributed by atoms with E-state index in [-0.39, 0.29) is 40.8 Å². The summed E-state index contributed by atoms with van der Waals surface area (Å²) in [6, 6.07) is 44.7. The number of ketones is 1. The lowest BCUT2D eigenvalue weighted by atomic mass is 10.0. The Hall–Kier alpha value is -7.73. The first-order valence-electron chi connectivity index (χ1n) is 18.5. The molecule has 0 atom stereocenters. The van der Waals surface area contributed by atoms with E-state index in [0.717, 1.165) is 16.5 Å². The normalized spacial score (nSPS) is 12.1. The maximum atomic E-state index is 13.8. The number of para-hydroxylation sites is 2. The van der Waals surface area contributed by atoms with Crippen molar-refractivity contribution in [3.8, 4) is 22.6 Å². The lowest BCUT2D eigenvalue weighted by Crippen LogP contribution is -2.12. The second kappa shape index (κ2) is 15.7. The molecule has 8 aromatic rings. The number of carbonyl (C=O) groups excluding carboxylic acids is 2. The van der Waals surface area contributed by atoms with E-state index in [1.54, 1.807) is 78.9 Å². The van der Waals surface area contributed by atoms with Crippen LogP contribution < -0.4 is 10.8 Å². The molecule has 12 heteroatoms. The quantitative estimate of drug-likeness (QED) is 0.0797. The van der Waals surface area contributed by atoms with Crippen molar-refractivity contribution in [1.29, 1.82) is 0 Å². The predicted octanol–water partition coefficient (Wildman–Crippen LogP) is 12.9. The van der Waals surface area contributed by atoms with Crippen LogP contribution in [0.4, 0.5) is 34.1 Å². The number of nitrogens with zero attached hydrogens (tertiary/aromatic N) is 4. The summed E-state index contributed by atoms with van der Waals surface area (Å²) < 4.78 is 0. The highest BCUT2D eigenvalue weighted by molar-refractivity contribution is 6.33. The van der Waals surface area contributed by atoms with Gasteiger partial charge in [-0.25, -0.2) is 0 Å². The molecule has 0 aromatic heterocycles. The third-order valence-corrected chi connectivity index (χ3v) is 10.3. The van der Waals surface area contributed by atoms with Crippen molar-refractivity contribution in [2.45, 2.75) is 6.61 Å². The number of fused-ring (bicyclic) bond motifs is 5. The average Bonchev–Trinajstić information content (AvgIpc) is 3.53. The molecule has 1 aliphatic carbocycles. The zero-order valence-corrected chi connectivity index (χ0v) is 31.7. The number of benzene rings is 8. The van der Waals surface area contributed by atoms with Gasteiger partial charge in [0.15, 0.2) is 11.5 Å². The molecule has 8 aromatic carbocycles. The van der Waals surface area contributed by atoms with Crippen LogP contribution in [-0.2, 0) is 11.4 Å². The van der Waals surface area contributed by atoms with Gasteiger partial charge in [0.05, 0.1) is 27.6 Å². The fraction of sp³-hybridized carbons (Fsp3) is 0.0213. The molecule has 0 fully saturated rings. The summed E-state index contributed by atoms with van der Waals surface area (Å²) in [6.07, 6.45) is 0. The predicted molar refractivity (Wildman–Crippen MR) is 229 cm³/mol. The molecule has 0 spiro atoms. The number of azo groups is 2. The van der Waals surface area contributed by atoms with Gasteiger partial charge in [-0.2, -0.15) is 10.2 Å². The van der Waals surface area contributed by atoms with Crippen LogP contribution in [0, 0.1) is 0 Å². The van der Waals surface area contributed by atoms with Crippen molar-refractivity contribution in [2.75, 3.05) is 10.8 Å². The highest BCUT2D eigenvalue weighted by Crippen LogP contribution is 2.44. The minimum atomic E-state index is -0.498. The van der Waals surface area contributed by atoms with Crippen LogP contribution in [0.15, 0.2) is 172 Å². The molecule has 11 nitrogen and oxygen atoms in total. The number of amides is 1. The molecule has 0 saturated carbocycles. The molecule has 9 rings (SSSR count). The topological polar surface area (TPSA) is 157 Å². The fourth-order valence-electron chi connectivity index (χ4n) is 7.03. The van der Waals surface area contributed by atoms with Gasteiger partial charge in [0.2, 0.25) is 0 Å². The Bertz CT molecular complexity index is 3040. The summed E-state index contributed by atoms with van der Waals surface area (Å²) in [7, 11) is 0. The number of rotatable bonds is 10. The molecule has 0 radical (unpaired) electrons. The van der Waals surface area contributed by atoms with Gasteiger partial charge in [-0.15, -0.1) is 10.2 Å². The van der Waals surface area contributed by atoms with Crippen molar-refractivity contribution in [2.24, 2.45) is 20.5 Å². The van der Waals surface area contributed by atoms with E-state index >= 15 is 0 Å². The molecule has 59 heavy (non-hydrogen) atoms. The van der Waals surface area contributed by atoms with E-state index < -0.39 is 5.91 Å². The molecule has 0 saturated heterocycles. The number of halogens is 1. The van der Waals surface area contributed by atoms with Crippen LogP contribution in [0.25, 0.3) is 32.7 Å². The van der Waals surface area contributed by atoms with E-state index in [1.807, 2.05) is 72.8 Å². The lowest BCUT2D eigenvalue weighted by molar-refractivity contribution is 0.102. The molecule has 286 valence electrons. The molecular formula is C47H31ClN6O5. The van der Waals surface area contributed by atoms with Crippen LogP contribution in [-0.4, -0.2) is 21.9 Å². The van der Waals surface area contributed by atoms with Crippen LogP contribution >= 0.6 is 11.6 Å². The maximum Gasteiger partial charge on any atom is 0.259 e. The van der Waals surface area contributed by atoms with Crippen LogP contribution in [0.1, 0.15) is 31.8 Å². The Morgan fingerprint density at radius 3 is 1.80 bits per heavy atom. The average molecular weight is 795 g/mol. The van der Waals surface area contributed by atoms with Gasteiger partial charge in [0.25, 0.3) is 5.91 Å². The number of phenolic OH excluding ortho intramolecular Hbond substituents is 2. The highest BCUT2D eigenvalue weighted by Gasteiger charge is 2.27. The molecule has 0 aliphatic heterocycles. The monoisotopic (exact) mass is 794 g/mol. The summed E-state index contributed by atoms with van der Waals surface area (Å²) in [5.74, 6) is -1.14. The molecule has 0 unspecified atom stereocenters. The number of phenols is 2. The van der Waals surface area contributed by atoms with Crippen molar-refractivity contribution in [1.82, 2.24) is 0 Å². The second-order valence-electron chi connectivity index (χ2n) is 13.7. The molecular weight excluding hydrogens is 764 g/mol. The SMILES string of the molecule is O=C1c2cc(N=Nc3c(O)c(CONc4ccccc4Cl)cc4ccccc34)ccc2-c2ccc(N=Nc3c(O)c(C(=O)Nc4ccccc4)cc4ccccc34)cc21. The van der Waals surface area contributed by atoms with Crippen molar-refractivity contribution < 1.29 is 24.6 Å². The lowest BCUT2D eigenvalue weighted by Gasteiger charge is -2.12. The van der Waals surface area contributed by atoms with Gasteiger partial charge in [-0.1, -0.05) is 103 Å². The Morgan fingerprint density at radius 1 is 0.593 bits per heavy atom. The largest absolute Gasteiger partial charge is 0.505 e. The van der Waals surface area contributed by atoms with E-state index in [4.69, 9.17) is 16.4 Å². The summed E-state index contributed by atoms with van der Waals surface area (Å²) in [4.78, 5) is 32.8. The molecule has 4 N–H and O–H groups in total. The van der Waals surface area contributed by atoms with Crippen molar-refractivity contribution in [3.63, 3.8) is 0 Å². The van der Waals surface area contributed by atoms with Crippen molar-refractivity contribution >= 4 is 79.0 Å². The number of nitrogens with one attached hydrogen (secondary N) is 2. The zero-order chi connectivity index (χ0) is 40.5. The Morgan fingerprint density at radius 2 is 1.15 bits per heavy atom. The van der Waals surface area contributed by atoms with Gasteiger partial charge in [0, 0.05) is 33.2 Å². The molecule has 1 amide bonds. The van der Waals surface area contributed by atoms with Gasteiger partial charge in [-0.3, -0.25) is 19.9 Å². The Labute approximate surface area is 341 Å². The summed E-state index contributed by atoms with van der Waals surface area (Å²) in [5.41, 5.74) is 8.00. The molecule has 0 bridgehead atoms. The van der Waals surface area contributed by atoms with Crippen LogP contribution in [0.3, 0.4) is 0 Å². The van der Waals surface area contributed by atoms with Crippen LogP contribution in [0.2, 0.25) is 5.02 Å². The minimum Gasteiger partial charge on any atom is -0.505 e. The third kappa shape index (κ3) is 7.23. The van der Waals surface area contributed by atoms with E-state index in [0.29, 0.717) is 60.6 Å². The summed E-state index contributed by atoms with van der Waals surface area (Å²) >= 11 is 6.24. The maximum absolute atomic E-state index is 13.8. The number of hydrogen-bond acceptors (Lipinski definition) is 10. The Kier molecular flexibility index (Phi) is 9.79. The standard InChI is InChI=1S/C47H31ClN6O5/c48-40-16-8-9-17-41(40)54-59-26-29-22-27-10-4-6-14-33(27)42(44(29)55)52-50-31-18-20-35-36-21-19-32(25-38(36)45(56)37(35)24-31)51-53-43-34-15-7-5-11-28(34)23-39(46(43)57)47(58)49-30-12-2-1-3-13-30/h1-25,54-55,57H,26H2,(H,49,58). The number of aromatic hydroxyl groups is 2. The third-order valence-electron chi connectivity index (χ3n) is 9.95. The van der Waals surface area contributed by atoms with E-state index in [9.17, 15) is 19.8 Å². The Balaban J connectivity index is 0.971. The van der Waals surface area contributed by atoms with Gasteiger partial charge in [0.1, 0.15) is 23.7 Å². The van der Waals surface area contributed by atoms with Gasteiger partial charge >= 0.3 is 0 Å². The van der Waals surface area contributed by atoms with Gasteiger partial charge in [-0.05, 0) is 82.6 Å². The van der Waals surface area contributed by atoms with E-state index in [2.05, 4.69) is 31.3 Å². The van der Waals surface area contributed by atoms with Gasteiger partial charge < -0.3 is 15.5 Å². The first-order chi connectivity index (χ1) is 28.8. The molecule has 1 aliphatic rings. The second-order valence-corrected chi connectivity index (χ2v) is 14.1. The van der Waals surface area contributed by atoms with E-state index in [1.165, 1.54) is 0 Å². The molecule has 0 heterocycles. The number of hydrogen-bond donors (Lipinski definition) is 4.